The standard InChI is InChI=1S/C24H37N3O8/c25-24(32)34-14-16-8-11-27(12-9-16)20(30)7-4-10-26-13-18(28)21(31)22-19(29)15-33-23(35-22)17-5-2-1-3-6-17/h1-3,5-6,16,18-19,21-23,26,28-29,31H,4,7-15H2,(H2,25,32)/t18?,19-,21?,22-,23-/m1/s1. The van der Waals surface area contributed by atoms with Crippen molar-refractivity contribution in [2.45, 2.75) is 56.4 Å². The summed E-state index contributed by atoms with van der Waals surface area (Å²) < 4.78 is 16.1. The molecule has 2 aliphatic rings. The molecule has 0 aromatic heterocycles. The van der Waals surface area contributed by atoms with Gasteiger partial charge in [-0.05, 0) is 31.7 Å². The van der Waals surface area contributed by atoms with Gasteiger partial charge >= 0.3 is 6.09 Å². The van der Waals surface area contributed by atoms with E-state index in [0.717, 1.165) is 18.4 Å². The quantitative estimate of drug-likeness (QED) is 0.263. The molecule has 6 N–H and O–H groups in total. The van der Waals surface area contributed by atoms with Crippen LogP contribution in [0, 0.1) is 5.92 Å². The van der Waals surface area contributed by atoms with Crippen LogP contribution < -0.4 is 11.1 Å². The molecule has 0 saturated carbocycles. The molecule has 2 amide bonds. The molecule has 2 saturated heterocycles. The van der Waals surface area contributed by atoms with Gasteiger partial charge in [-0.1, -0.05) is 30.3 Å². The number of primary amides is 1. The number of likely N-dealkylation sites (tertiary alicyclic amines) is 1. The van der Waals surface area contributed by atoms with E-state index in [2.05, 4.69) is 5.32 Å². The highest BCUT2D eigenvalue weighted by atomic mass is 16.7. The van der Waals surface area contributed by atoms with Gasteiger partial charge in [0, 0.05) is 31.6 Å². The molecule has 1 aromatic rings. The van der Waals surface area contributed by atoms with Crippen LogP contribution in [0.25, 0.3) is 0 Å². The zero-order chi connectivity index (χ0) is 25.2. The molecular weight excluding hydrogens is 458 g/mol. The largest absolute Gasteiger partial charge is 0.449 e. The fourth-order valence-electron chi connectivity index (χ4n) is 4.31. The fraction of sp³-hybridized carbons (Fsp3) is 0.667. The Morgan fingerprint density at radius 2 is 1.91 bits per heavy atom. The molecule has 11 heteroatoms. The zero-order valence-electron chi connectivity index (χ0n) is 19.8. The molecule has 0 radical (unpaired) electrons. The number of hydrogen-bond acceptors (Lipinski definition) is 9. The summed E-state index contributed by atoms with van der Waals surface area (Å²) in [5, 5.41) is 34.2. The third-order valence-corrected chi connectivity index (χ3v) is 6.41. The summed E-state index contributed by atoms with van der Waals surface area (Å²) in [5.41, 5.74) is 5.75. The van der Waals surface area contributed by atoms with E-state index in [1.807, 2.05) is 35.2 Å². The molecule has 5 atom stereocenters. The first kappa shape index (κ1) is 27.3. The van der Waals surface area contributed by atoms with E-state index in [4.69, 9.17) is 19.9 Å². The molecule has 0 bridgehead atoms. The average Bonchev–Trinajstić information content (AvgIpc) is 2.87. The minimum atomic E-state index is -1.31. The summed E-state index contributed by atoms with van der Waals surface area (Å²) in [4.78, 5) is 24.9. The number of amides is 2. The van der Waals surface area contributed by atoms with Gasteiger partial charge in [-0.15, -0.1) is 0 Å². The molecule has 11 nitrogen and oxygen atoms in total. The number of nitrogens with zero attached hydrogens (tertiary/aromatic N) is 1. The minimum Gasteiger partial charge on any atom is -0.449 e. The summed E-state index contributed by atoms with van der Waals surface area (Å²) >= 11 is 0. The number of carbonyl (C=O) groups is 2. The molecule has 0 aliphatic carbocycles. The number of benzene rings is 1. The maximum Gasteiger partial charge on any atom is 0.404 e. The van der Waals surface area contributed by atoms with Crippen molar-refractivity contribution in [3.05, 3.63) is 35.9 Å². The van der Waals surface area contributed by atoms with Crippen molar-refractivity contribution in [1.29, 1.82) is 0 Å². The van der Waals surface area contributed by atoms with Gasteiger partial charge in [-0.3, -0.25) is 4.79 Å². The molecule has 2 unspecified atom stereocenters. The highest BCUT2D eigenvalue weighted by Crippen LogP contribution is 2.28. The van der Waals surface area contributed by atoms with Gasteiger partial charge in [0.1, 0.15) is 18.3 Å². The lowest BCUT2D eigenvalue weighted by Gasteiger charge is -2.38. The Labute approximate surface area is 205 Å². The van der Waals surface area contributed by atoms with Gasteiger partial charge in [0.25, 0.3) is 0 Å². The highest BCUT2D eigenvalue weighted by molar-refractivity contribution is 5.76. The van der Waals surface area contributed by atoms with Gasteiger partial charge in [-0.2, -0.15) is 0 Å². The van der Waals surface area contributed by atoms with Crippen LogP contribution in [-0.4, -0.2) is 96.0 Å². The molecule has 2 aliphatic heterocycles. The van der Waals surface area contributed by atoms with Crippen molar-refractivity contribution in [3.8, 4) is 0 Å². The van der Waals surface area contributed by atoms with Crippen LogP contribution in [0.15, 0.2) is 30.3 Å². The van der Waals surface area contributed by atoms with Crippen LogP contribution in [0.2, 0.25) is 0 Å². The van der Waals surface area contributed by atoms with Crippen LogP contribution in [-0.2, 0) is 19.0 Å². The number of carbonyl (C=O) groups excluding carboxylic acids is 2. The second kappa shape index (κ2) is 13.7. The second-order valence-electron chi connectivity index (χ2n) is 9.06. The van der Waals surface area contributed by atoms with Gasteiger partial charge in [0.2, 0.25) is 5.91 Å². The van der Waals surface area contributed by atoms with Crippen LogP contribution in [0.4, 0.5) is 4.79 Å². The van der Waals surface area contributed by atoms with Gasteiger partial charge < -0.3 is 45.5 Å². The number of nitrogens with one attached hydrogen (secondary N) is 1. The first-order valence-corrected chi connectivity index (χ1v) is 12.1. The van der Waals surface area contributed by atoms with Crippen molar-refractivity contribution in [3.63, 3.8) is 0 Å². The Morgan fingerprint density at radius 3 is 2.60 bits per heavy atom. The summed E-state index contributed by atoms with van der Waals surface area (Å²) in [5.74, 6) is 0.287. The van der Waals surface area contributed by atoms with E-state index in [-0.39, 0.29) is 25.0 Å². The minimum absolute atomic E-state index is 0.0149. The predicted octanol–water partition coefficient (Wildman–Crippen LogP) is -0.113. The van der Waals surface area contributed by atoms with E-state index in [0.29, 0.717) is 39.1 Å². The monoisotopic (exact) mass is 495 g/mol. The maximum absolute atomic E-state index is 12.4. The van der Waals surface area contributed by atoms with Crippen molar-refractivity contribution in [1.82, 2.24) is 10.2 Å². The Bertz CT molecular complexity index is 790. The number of rotatable bonds is 11. The van der Waals surface area contributed by atoms with Crippen LogP contribution in [0.3, 0.4) is 0 Å². The molecule has 1 aromatic carbocycles. The van der Waals surface area contributed by atoms with E-state index in [9.17, 15) is 24.9 Å². The lowest BCUT2D eigenvalue weighted by Crippen LogP contribution is -2.53. The summed E-state index contributed by atoms with van der Waals surface area (Å²) in [6.07, 6.45) is -3.55. The number of aliphatic hydroxyl groups is 3. The lowest BCUT2D eigenvalue weighted by molar-refractivity contribution is -0.282. The summed E-state index contributed by atoms with van der Waals surface area (Å²) in [7, 11) is 0. The van der Waals surface area contributed by atoms with E-state index in [1.165, 1.54) is 0 Å². The second-order valence-corrected chi connectivity index (χ2v) is 9.06. The van der Waals surface area contributed by atoms with Crippen LogP contribution in [0.5, 0.6) is 0 Å². The number of ether oxygens (including phenoxy) is 3. The third-order valence-electron chi connectivity index (χ3n) is 6.41. The fourth-order valence-corrected chi connectivity index (χ4v) is 4.31. The number of aliphatic hydroxyl groups excluding tert-OH is 3. The first-order chi connectivity index (χ1) is 16.8. The zero-order valence-corrected chi connectivity index (χ0v) is 19.8. The van der Waals surface area contributed by atoms with Crippen molar-refractivity contribution in [2.24, 2.45) is 11.7 Å². The smallest absolute Gasteiger partial charge is 0.404 e. The molecule has 3 rings (SSSR count). The van der Waals surface area contributed by atoms with E-state index >= 15 is 0 Å². The first-order valence-electron chi connectivity index (χ1n) is 12.1. The Morgan fingerprint density at radius 1 is 1.20 bits per heavy atom. The molecule has 0 spiro atoms. The topological polar surface area (TPSA) is 164 Å². The van der Waals surface area contributed by atoms with Crippen molar-refractivity contribution >= 4 is 12.0 Å². The molecule has 2 fully saturated rings. The Kier molecular flexibility index (Phi) is 10.7. The summed E-state index contributed by atoms with van der Waals surface area (Å²) in [6.45, 7) is 2.10. The normalized spacial score (nSPS) is 25.1. The average molecular weight is 496 g/mol. The molecular formula is C24H37N3O8. The van der Waals surface area contributed by atoms with E-state index < -0.39 is 36.8 Å². The van der Waals surface area contributed by atoms with Gasteiger partial charge in [0.15, 0.2) is 6.29 Å². The summed E-state index contributed by atoms with van der Waals surface area (Å²) in [6, 6.07) is 9.19. The van der Waals surface area contributed by atoms with Crippen LogP contribution >= 0.6 is 0 Å². The van der Waals surface area contributed by atoms with Crippen LogP contribution in [0.1, 0.15) is 37.5 Å². The van der Waals surface area contributed by atoms with Gasteiger partial charge in [0.05, 0.1) is 19.3 Å². The highest BCUT2D eigenvalue weighted by Gasteiger charge is 2.39. The molecule has 196 valence electrons. The number of hydrogen-bond donors (Lipinski definition) is 5. The third kappa shape index (κ3) is 8.41. The van der Waals surface area contributed by atoms with E-state index in [1.54, 1.807) is 0 Å². The van der Waals surface area contributed by atoms with Crippen molar-refractivity contribution in [2.75, 3.05) is 39.4 Å². The lowest BCUT2D eigenvalue weighted by atomic mass is 9.97. The predicted molar refractivity (Wildman–Crippen MR) is 125 cm³/mol. The molecule has 35 heavy (non-hydrogen) atoms. The maximum atomic E-state index is 12.4. The Hall–Kier alpha value is -2.28. The van der Waals surface area contributed by atoms with Gasteiger partial charge in [-0.25, -0.2) is 4.79 Å². The SMILES string of the molecule is NC(=O)OCC1CCN(C(=O)CCCNCC(O)C(O)[C@@H]2O[C@H](c3ccccc3)OC[C@H]2O)CC1. The molecule has 2 heterocycles. The number of nitrogens with two attached hydrogens (primary N) is 1. The number of piperidine rings is 1. The Balaban J connectivity index is 1.31. The van der Waals surface area contributed by atoms with Crippen molar-refractivity contribution < 1.29 is 39.1 Å².